The predicted octanol–water partition coefficient (Wildman–Crippen LogP) is 1.61. The van der Waals surface area contributed by atoms with Crippen LogP contribution in [0.1, 0.15) is 42.1 Å². The molecule has 0 bridgehead atoms. The number of β-amino-alcohol motifs (C(OH)–C–C–N with tert-alkyl or cyclic N) is 1. The van der Waals surface area contributed by atoms with Gasteiger partial charge < -0.3 is 19.8 Å². The lowest BCUT2D eigenvalue weighted by atomic mass is 10.1. The molecule has 0 unspecified atom stereocenters. The number of ketones is 1. The molecule has 2 rings (SSSR count). The third kappa shape index (κ3) is 4.80. The summed E-state index contributed by atoms with van der Waals surface area (Å²) < 4.78 is 5.62. The number of rotatable bonds is 7. The van der Waals surface area contributed by atoms with Crippen LogP contribution in [0.4, 0.5) is 0 Å². The summed E-state index contributed by atoms with van der Waals surface area (Å²) in [5, 5.41) is 19.5. The fraction of sp³-hybridized carbons (Fsp3) is 0.588. The van der Waals surface area contributed by atoms with Crippen molar-refractivity contribution in [3.8, 4) is 5.75 Å². The third-order valence-corrected chi connectivity index (χ3v) is 3.99. The van der Waals surface area contributed by atoms with Crippen LogP contribution in [-0.4, -0.2) is 53.2 Å². The molecule has 1 atom stereocenters. The van der Waals surface area contributed by atoms with Crippen LogP contribution in [0.25, 0.3) is 0 Å². The predicted molar refractivity (Wildman–Crippen MR) is 84.2 cm³/mol. The van der Waals surface area contributed by atoms with Crippen LogP contribution < -0.4 is 4.74 Å². The van der Waals surface area contributed by atoms with Gasteiger partial charge >= 0.3 is 0 Å². The fourth-order valence-electron chi connectivity index (χ4n) is 2.74. The number of carbonyl (C=O) groups excluding carboxylic acids is 1. The van der Waals surface area contributed by atoms with E-state index in [2.05, 4.69) is 4.90 Å². The van der Waals surface area contributed by atoms with Crippen LogP contribution in [0.2, 0.25) is 0 Å². The van der Waals surface area contributed by atoms with Crippen molar-refractivity contribution in [3.63, 3.8) is 0 Å². The molecule has 0 radical (unpaired) electrons. The monoisotopic (exact) mass is 307 g/mol. The van der Waals surface area contributed by atoms with Gasteiger partial charge in [0.25, 0.3) is 0 Å². The molecule has 22 heavy (non-hydrogen) atoms. The molecule has 5 heteroatoms. The summed E-state index contributed by atoms with van der Waals surface area (Å²) in [6.45, 7) is 4.15. The van der Waals surface area contributed by atoms with Crippen LogP contribution >= 0.6 is 0 Å². The molecule has 1 aromatic carbocycles. The van der Waals surface area contributed by atoms with Gasteiger partial charge in [-0.3, -0.25) is 4.79 Å². The molecule has 2 N–H and O–H groups in total. The van der Waals surface area contributed by atoms with E-state index in [-0.39, 0.29) is 19.0 Å². The molecular weight excluding hydrogens is 282 g/mol. The zero-order valence-electron chi connectivity index (χ0n) is 13.1. The number of ether oxygens (including phenoxy) is 1. The maximum absolute atomic E-state index is 11.3. The summed E-state index contributed by atoms with van der Waals surface area (Å²) in [7, 11) is 0. The van der Waals surface area contributed by atoms with E-state index in [4.69, 9.17) is 4.74 Å². The highest BCUT2D eigenvalue weighted by Gasteiger charge is 2.16. The highest BCUT2D eigenvalue weighted by molar-refractivity contribution is 5.94. The van der Waals surface area contributed by atoms with Gasteiger partial charge in [-0.05, 0) is 51.1 Å². The van der Waals surface area contributed by atoms with Crippen LogP contribution in [0.5, 0.6) is 5.75 Å². The van der Waals surface area contributed by atoms with Crippen molar-refractivity contribution < 1.29 is 19.7 Å². The molecule has 1 fully saturated rings. The Balaban J connectivity index is 1.88. The molecule has 1 saturated heterocycles. The molecule has 0 aliphatic carbocycles. The molecule has 0 amide bonds. The number of carbonyl (C=O) groups is 1. The molecule has 0 saturated carbocycles. The summed E-state index contributed by atoms with van der Waals surface area (Å²) in [5.74, 6) is 0.469. The minimum atomic E-state index is -0.558. The summed E-state index contributed by atoms with van der Waals surface area (Å²) in [6, 6.07) is 4.98. The Kier molecular flexibility index (Phi) is 6.36. The molecule has 1 aliphatic rings. The number of nitrogens with zero attached hydrogens (tertiary/aromatic N) is 1. The van der Waals surface area contributed by atoms with Crippen molar-refractivity contribution in [2.75, 3.05) is 26.2 Å². The van der Waals surface area contributed by atoms with Crippen LogP contribution in [-0.2, 0) is 6.61 Å². The quantitative estimate of drug-likeness (QED) is 0.749. The Bertz CT molecular complexity index is 497. The Hall–Kier alpha value is -1.43. The standard InChI is InChI=1S/C17H25NO4/c1-13(20)14-5-6-17(15(9-14)11-19)22-12-16(21)10-18-7-3-2-4-8-18/h5-6,9,16,19,21H,2-4,7-8,10-12H2,1H3/t16-/m0/s1. The first kappa shape index (κ1) is 16.9. The average Bonchev–Trinajstić information content (AvgIpc) is 2.53. The summed E-state index contributed by atoms with van der Waals surface area (Å²) in [6.07, 6.45) is 3.09. The minimum Gasteiger partial charge on any atom is -0.490 e. The second kappa shape index (κ2) is 8.27. The lowest BCUT2D eigenvalue weighted by Crippen LogP contribution is -2.38. The van der Waals surface area contributed by atoms with E-state index < -0.39 is 6.10 Å². The number of likely N-dealkylation sites (tertiary alicyclic amines) is 1. The van der Waals surface area contributed by atoms with Crippen molar-refractivity contribution in [1.82, 2.24) is 4.90 Å². The molecule has 0 spiro atoms. The van der Waals surface area contributed by atoms with Gasteiger partial charge in [-0.2, -0.15) is 0 Å². The van der Waals surface area contributed by atoms with E-state index in [1.165, 1.54) is 26.2 Å². The van der Waals surface area contributed by atoms with E-state index in [0.29, 0.717) is 23.4 Å². The first-order valence-electron chi connectivity index (χ1n) is 7.88. The van der Waals surface area contributed by atoms with E-state index in [9.17, 15) is 15.0 Å². The van der Waals surface area contributed by atoms with Gasteiger partial charge in [-0.1, -0.05) is 6.42 Å². The third-order valence-electron chi connectivity index (χ3n) is 3.99. The molecular formula is C17H25NO4. The first-order valence-corrected chi connectivity index (χ1v) is 7.88. The number of hydrogen-bond donors (Lipinski definition) is 2. The van der Waals surface area contributed by atoms with Crippen LogP contribution in [0, 0.1) is 0 Å². The van der Waals surface area contributed by atoms with Gasteiger partial charge in [-0.15, -0.1) is 0 Å². The van der Waals surface area contributed by atoms with E-state index in [1.807, 2.05) is 0 Å². The van der Waals surface area contributed by atoms with Gasteiger partial charge in [0, 0.05) is 17.7 Å². The highest BCUT2D eigenvalue weighted by atomic mass is 16.5. The Labute approximate surface area is 131 Å². The van der Waals surface area contributed by atoms with Crippen LogP contribution in [0.3, 0.4) is 0 Å². The fourth-order valence-corrected chi connectivity index (χ4v) is 2.74. The van der Waals surface area contributed by atoms with Crippen molar-refractivity contribution >= 4 is 5.78 Å². The second-order valence-electron chi connectivity index (χ2n) is 5.86. The van der Waals surface area contributed by atoms with Gasteiger partial charge in [0.15, 0.2) is 5.78 Å². The van der Waals surface area contributed by atoms with Crippen molar-refractivity contribution in [1.29, 1.82) is 0 Å². The number of aliphatic hydroxyl groups is 2. The molecule has 122 valence electrons. The number of piperidine rings is 1. The smallest absolute Gasteiger partial charge is 0.159 e. The van der Waals surface area contributed by atoms with Gasteiger partial charge in [0.05, 0.1) is 6.61 Å². The SMILES string of the molecule is CC(=O)c1ccc(OC[C@@H](O)CN2CCCCC2)c(CO)c1. The normalized spacial score (nSPS) is 17.2. The minimum absolute atomic E-state index is 0.0496. The van der Waals surface area contributed by atoms with Gasteiger partial charge in [0.1, 0.15) is 18.5 Å². The largest absolute Gasteiger partial charge is 0.490 e. The summed E-state index contributed by atoms with van der Waals surface area (Å²) >= 11 is 0. The molecule has 1 aromatic rings. The molecule has 1 aliphatic heterocycles. The number of benzene rings is 1. The highest BCUT2D eigenvalue weighted by Crippen LogP contribution is 2.21. The van der Waals surface area contributed by atoms with Crippen LogP contribution in [0.15, 0.2) is 18.2 Å². The Morgan fingerprint density at radius 2 is 2.05 bits per heavy atom. The zero-order chi connectivity index (χ0) is 15.9. The second-order valence-corrected chi connectivity index (χ2v) is 5.86. The van der Waals surface area contributed by atoms with Crippen molar-refractivity contribution in [3.05, 3.63) is 29.3 Å². The number of aliphatic hydroxyl groups excluding tert-OH is 2. The van der Waals surface area contributed by atoms with Gasteiger partial charge in [-0.25, -0.2) is 0 Å². The maximum atomic E-state index is 11.3. The topological polar surface area (TPSA) is 70.0 Å². The summed E-state index contributed by atoms with van der Waals surface area (Å²) in [5.41, 5.74) is 1.11. The number of Topliss-reactive ketones (excluding diaryl/α,β-unsaturated/α-hetero) is 1. The van der Waals surface area contributed by atoms with Crippen molar-refractivity contribution in [2.45, 2.75) is 38.9 Å². The first-order chi connectivity index (χ1) is 10.6. The molecule has 0 aromatic heterocycles. The zero-order valence-corrected chi connectivity index (χ0v) is 13.1. The number of hydrogen-bond acceptors (Lipinski definition) is 5. The lowest BCUT2D eigenvalue weighted by molar-refractivity contribution is 0.0609. The van der Waals surface area contributed by atoms with E-state index in [1.54, 1.807) is 18.2 Å². The van der Waals surface area contributed by atoms with Crippen molar-refractivity contribution in [2.24, 2.45) is 0 Å². The maximum Gasteiger partial charge on any atom is 0.159 e. The molecule has 1 heterocycles. The van der Waals surface area contributed by atoms with Gasteiger partial charge in [0.2, 0.25) is 0 Å². The summed E-state index contributed by atoms with van der Waals surface area (Å²) in [4.78, 5) is 13.6. The van der Waals surface area contributed by atoms with E-state index in [0.717, 1.165) is 13.1 Å². The Morgan fingerprint density at radius 1 is 1.32 bits per heavy atom. The lowest BCUT2D eigenvalue weighted by Gasteiger charge is -2.28. The molecule has 5 nitrogen and oxygen atoms in total. The van der Waals surface area contributed by atoms with E-state index >= 15 is 0 Å². The Morgan fingerprint density at radius 3 is 2.68 bits per heavy atom. The average molecular weight is 307 g/mol.